The molecule has 6 heteroatoms. The van der Waals surface area contributed by atoms with Gasteiger partial charge in [-0.1, -0.05) is 0 Å². The van der Waals surface area contributed by atoms with E-state index in [0.29, 0.717) is 25.4 Å². The minimum absolute atomic E-state index is 0.107. The monoisotopic (exact) mass is 238 g/mol. The first-order valence-electron chi connectivity index (χ1n) is 5.90. The third kappa shape index (κ3) is 3.28. The van der Waals surface area contributed by atoms with Gasteiger partial charge in [-0.3, -0.25) is 4.79 Å². The summed E-state index contributed by atoms with van der Waals surface area (Å²) >= 11 is 0. The molecule has 0 bridgehead atoms. The van der Waals surface area contributed by atoms with E-state index in [1.54, 1.807) is 12.5 Å². The molecule has 0 aliphatic carbocycles. The van der Waals surface area contributed by atoms with E-state index in [9.17, 15) is 4.79 Å². The number of carbonyl (C=O) groups excluding carboxylic acids is 1. The van der Waals surface area contributed by atoms with E-state index in [1.165, 1.54) is 0 Å². The van der Waals surface area contributed by atoms with Crippen molar-refractivity contribution in [1.82, 2.24) is 14.9 Å². The van der Waals surface area contributed by atoms with Gasteiger partial charge in [-0.25, -0.2) is 4.98 Å². The van der Waals surface area contributed by atoms with Crippen LogP contribution in [0.5, 0.6) is 0 Å². The van der Waals surface area contributed by atoms with Gasteiger partial charge >= 0.3 is 0 Å². The van der Waals surface area contributed by atoms with Gasteiger partial charge in [-0.2, -0.15) is 0 Å². The first-order valence-corrected chi connectivity index (χ1v) is 5.90. The molecular formula is C11H18N4O2. The number of rotatable bonds is 4. The van der Waals surface area contributed by atoms with Gasteiger partial charge in [0.2, 0.25) is 0 Å². The number of imidazole rings is 1. The van der Waals surface area contributed by atoms with Gasteiger partial charge < -0.3 is 20.4 Å². The molecular weight excluding hydrogens is 220 g/mol. The van der Waals surface area contributed by atoms with Crippen molar-refractivity contribution >= 4 is 5.91 Å². The SMILES string of the molecule is NCCn1cnc(C(=O)NC2CCCOC2)c1. The molecule has 0 spiro atoms. The molecule has 6 nitrogen and oxygen atoms in total. The number of nitrogens with zero attached hydrogens (tertiary/aromatic N) is 2. The number of amides is 1. The van der Waals surface area contributed by atoms with Crippen LogP contribution in [0.15, 0.2) is 12.5 Å². The Hall–Kier alpha value is -1.40. The summed E-state index contributed by atoms with van der Waals surface area (Å²) in [5.74, 6) is -0.142. The lowest BCUT2D eigenvalue weighted by Crippen LogP contribution is -2.40. The molecule has 0 aromatic carbocycles. The Morgan fingerprint density at radius 2 is 2.59 bits per heavy atom. The lowest BCUT2D eigenvalue weighted by atomic mass is 10.1. The number of ether oxygens (including phenoxy) is 1. The van der Waals surface area contributed by atoms with Crippen molar-refractivity contribution in [3.05, 3.63) is 18.2 Å². The Labute approximate surface area is 100 Å². The average Bonchev–Trinajstić information content (AvgIpc) is 2.79. The van der Waals surface area contributed by atoms with E-state index in [2.05, 4.69) is 10.3 Å². The zero-order valence-corrected chi connectivity index (χ0v) is 9.76. The molecule has 94 valence electrons. The molecule has 1 amide bonds. The molecule has 0 radical (unpaired) electrons. The molecule has 1 atom stereocenters. The zero-order valence-electron chi connectivity index (χ0n) is 9.76. The van der Waals surface area contributed by atoms with Crippen molar-refractivity contribution in [2.75, 3.05) is 19.8 Å². The van der Waals surface area contributed by atoms with Crippen LogP contribution < -0.4 is 11.1 Å². The molecule has 2 rings (SSSR count). The number of nitrogens with one attached hydrogen (secondary N) is 1. The summed E-state index contributed by atoms with van der Waals surface area (Å²) in [7, 11) is 0. The molecule has 0 saturated carbocycles. The first-order chi connectivity index (χ1) is 8.29. The van der Waals surface area contributed by atoms with Crippen LogP contribution >= 0.6 is 0 Å². The van der Waals surface area contributed by atoms with Crippen LogP contribution in [-0.4, -0.2) is 41.3 Å². The highest BCUT2D eigenvalue weighted by Crippen LogP contribution is 2.06. The van der Waals surface area contributed by atoms with Gasteiger partial charge in [-0.15, -0.1) is 0 Å². The number of aromatic nitrogens is 2. The normalized spacial score (nSPS) is 20.2. The molecule has 1 saturated heterocycles. The summed E-state index contributed by atoms with van der Waals surface area (Å²) in [6.07, 6.45) is 5.30. The second-order valence-corrected chi connectivity index (χ2v) is 4.17. The maximum absolute atomic E-state index is 11.9. The molecule has 1 aromatic rings. The van der Waals surface area contributed by atoms with E-state index in [4.69, 9.17) is 10.5 Å². The molecule has 17 heavy (non-hydrogen) atoms. The van der Waals surface area contributed by atoms with E-state index >= 15 is 0 Å². The van der Waals surface area contributed by atoms with Crippen molar-refractivity contribution in [2.24, 2.45) is 5.73 Å². The van der Waals surface area contributed by atoms with Crippen molar-refractivity contribution in [3.63, 3.8) is 0 Å². The van der Waals surface area contributed by atoms with E-state index < -0.39 is 0 Å². The minimum atomic E-state index is -0.142. The predicted octanol–water partition coefficient (Wildman–Crippen LogP) is -0.249. The molecule has 2 heterocycles. The summed E-state index contributed by atoms with van der Waals surface area (Å²) in [4.78, 5) is 15.9. The second-order valence-electron chi connectivity index (χ2n) is 4.17. The number of hydrogen-bond acceptors (Lipinski definition) is 4. The molecule has 3 N–H and O–H groups in total. The summed E-state index contributed by atoms with van der Waals surface area (Å²) in [5.41, 5.74) is 5.86. The third-order valence-electron chi connectivity index (χ3n) is 2.75. The van der Waals surface area contributed by atoms with Crippen LogP contribution in [0.4, 0.5) is 0 Å². The minimum Gasteiger partial charge on any atom is -0.379 e. The van der Waals surface area contributed by atoms with Crippen LogP contribution in [0.25, 0.3) is 0 Å². The maximum Gasteiger partial charge on any atom is 0.271 e. The van der Waals surface area contributed by atoms with Crippen LogP contribution in [0.3, 0.4) is 0 Å². The van der Waals surface area contributed by atoms with Gasteiger partial charge in [-0.05, 0) is 12.8 Å². The summed E-state index contributed by atoms with van der Waals surface area (Å²) < 4.78 is 7.12. The molecule has 1 unspecified atom stereocenters. The van der Waals surface area contributed by atoms with Crippen LogP contribution in [0.1, 0.15) is 23.3 Å². The van der Waals surface area contributed by atoms with Crippen molar-refractivity contribution in [3.8, 4) is 0 Å². The van der Waals surface area contributed by atoms with Gasteiger partial charge in [0.1, 0.15) is 5.69 Å². The molecule has 1 aliphatic rings. The van der Waals surface area contributed by atoms with Crippen molar-refractivity contribution in [2.45, 2.75) is 25.4 Å². The predicted molar refractivity (Wildman–Crippen MR) is 62.6 cm³/mol. The highest BCUT2D eigenvalue weighted by molar-refractivity contribution is 5.92. The number of nitrogens with two attached hydrogens (primary N) is 1. The zero-order chi connectivity index (χ0) is 12.1. The Kier molecular flexibility index (Phi) is 4.11. The first kappa shape index (κ1) is 12.1. The lowest BCUT2D eigenvalue weighted by molar-refractivity contribution is 0.0622. The standard InChI is InChI=1S/C11H18N4O2/c12-3-4-15-6-10(13-8-15)11(16)14-9-2-1-5-17-7-9/h6,8-9H,1-5,7,12H2,(H,14,16). The van der Waals surface area contributed by atoms with Crippen molar-refractivity contribution < 1.29 is 9.53 Å². The Balaban J connectivity index is 1.89. The number of carbonyl (C=O) groups is 1. The van der Waals surface area contributed by atoms with E-state index in [0.717, 1.165) is 19.4 Å². The Morgan fingerprint density at radius 1 is 1.71 bits per heavy atom. The van der Waals surface area contributed by atoms with Gasteiger partial charge in [0, 0.05) is 25.9 Å². The molecule has 1 aliphatic heterocycles. The maximum atomic E-state index is 11.9. The average molecular weight is 238 g/mol. The van der Waals surface area contributed by atoms with E-state index in [1.807, 2.05) is 4.57 Å². The van der Waals surface area contributed by atoms with Crippen LogP contribution in [0, 0.1) is 0 Å². The smallest absolute Gasteiger partial charge is 0.271 e. The van der Waals surface area contributed by atoms with Crippen LogP contribution in [-0.2, 0) is 11.3 Å². The summed E-state index contributed by atoms with van der Waals surface area (Å²) in [5, 5.41) is 2.92. The fourth-order valence-corrected chi connectivity index (χ4v) is 1.86. The highest BCUT2D eigenvalue weighted by atomic mass is 16.5. The van der Waals surface area contributed by atoms with Gasteiger partial charge in [0.25, 0.3) is 5.91 Å². The summed E-state index contributed by atoms with van der Waals surface area (Å²) in [6, 6.07) is 0.107. The Bertz CT molecular complexity index is 371. The lowest BCUT2D eigenvalue weighted by Gasteiger charge is -2.22. The summed E-state index contributed by atoms with van der Waals surface area (Å²) in [6.45, 7) is 2.59. The molecule has 1 aromatic heterocycles. The highest BCUT2D eigenvalue weighted by Gasteiger charge is 2.18. The fraction of sp³-hybridized carbons (Fsp3) is 0.636. The number of hydrogen-bond donors (Lipinski definition) is 2. The third-order valence-corrected chi connectivity index (χ3v) is 2.75. The Morgan fingerprint density at radius 3 is 3.29 bits per heavy atom. The van der Waals surface area contributed by atoms with Gasteiger partial charge in [0.15, 0.2) is 0 Å². The topological polar surface area (TPSA) is 82.2 Å². The quantitative estimate of drug-likeness (QED) is 0.758. The molecule has 1 fully saturated rings. The van der Waals surface area contributed by atoms with E-state index in [-0.39, 0.29) is 11.9 Å². The fourth-order valence-electron chi connectivity index (χ4n) is 1.86. The largest absolute Gasteiger partial charge is 0.379 e. The van der Waals surface area contributed by atoms with Crippen molar-refractivity contribution in [1.29, 1.82) is 0 Å². The second kappa shape index (κ2) is 5.79. The van der Waals surface area contributed by atoms with Gasteiger partial charge in [0.05, 0.1) is 19.0 Å². The van der Waals surface area contributed by atoms with Crippen LogP contribution in [0.2, 0.25) is 0 Å².